The Balaban J connectivity index is 1.16. The van der Waals surface area contributed by atoms with Crippen LogP contribution in [0.5, 0.6) is 11.5 Å². The largest absolute Gasteiger partial charge is 0.454 e. The van der Waals surface area contributed by atoms with Crippen LogP contribution in [0.3, 0.4) is 0 Å². The second-order valence-electron chi connectivity index (χ2n) is 8.25. The van der Waals surface area contributed by atoms with Crippen LogP contribution < -0.4 is 15.0 Å². The number of carbonyl (C=O) groups is 1. The Morgan fingerprint density at radius 3 is 2.30 bits per heavy atom. The van der Waals surface area contributed by atoms with Crippen LogP contribution in [0.15, 0.2) is 55.0 Å². The standard InChI is InChI=1S/C24H19F5N6O2/c25-14-9-18-20(13-30-21(18)19(26)10-14)33-23(36)35-7-5-34(6-8-35)15-1-3-16(4-2-15)37-17-11-31-22(32-12-17)24(27,28)29/h1-4,9-13,30H,5-8H2,(H,33,36). The fourth-order valence-corrected chi connectivity index (χ4v) is 4.00. The Bertz CT molecular complexity index is 1410. The molecular weight excluding hydrogens is 499 g/mol. The number of piperazine rings is 1. The van der Waals surface area contributed by atoms with E-state index in [-0.39, 0.29) is 28.4 Å². The number of aromatic amines is 1. The molecule has 3 heterocycles. The summed E-state index contributed by atoms with van der Waals surface area (Å²) in [6, 6.07) is 8.47. The number of carbonyl (C=O) groups excluding carboxylic acids is 1. The number of alkyl halides is 3. The normalized spacial score (nSPS) is 14.2. The van der Waals surface area contributed by atoms with Gasteiger partial charge in [0.2, 0.25) is 5.82 Å². The Labute approximate surface area is 206 Å². The van der Waals surface area contributed by atoms with Gasteiger partial charge in [-0.05, 0) is 30.3 Å². The molecule has 1 fully saturated rings. The molecule has 0 aliphatic carbocycles. The zero-order chi connectivity index (χ0) is 26.2. The number of amides is 2. The molecule has 8 nitrogen and oxygen atoms in total. The van der Waals surface area contributed by atoms with Crippen molar-refractivity contribution in [2.75, 3.05) is 36.4 Å². The van der Waals surface area contributed by atoms with Gasteiger partial charge < -0.3 is 24.8 Å². The van der Waals surface area contributed by atoms with Crippen molar-refractivity contribution in [1.82, 2.24) is 19.9 Å². The number of hydrogen-bond acceptors (Lipinski definition) is 5. The van der Waals surface area contributed by atoms with E-state index in [0.717, 1.165) is 30.2 Å². The van der Waals surface area contributed by atoms with E-state index in [2.05, 4.69) is 25.2 Å². The van der Waals surface area contributed by atoms with Gasteiger partial charge in [-0.3, -0.25) is 0 Å². The van der Waals surface area contributed by atoms with Crippen molar-refractivity contribution >= 4 is 28.3 Å². The predicted molar refractivity (Wildman–Crippen MR) is 125 cm³/mol. The molecule has 0 bridgehead atoms. The Morgan fingerprint density at radius 2 is 1.65 bits per heavy atom. The SMILES string of the molecule is O=C(Nc1c[nH]c2c(F)cc(F)cc12)N1CCN(c2ccc(Oc3cnc(C(F)(F)F)nc3)cc2)CC1. The Kier molecular flexibility index (Phi) is 6.27. The van der Waals surface area contributed by atoms with E-state index in [9.17, 15) is 26.7 Å². The number of ether oxygens (including phenoxy) is 1. The number of anilines is 2. The molecule has 37 heavy (non-hydrogen) atoms. The number of H-pyrrole nitrogens is 1. The van der Waals surface area contributed by atoms with Crippen LogP contribution in [0.4, 0.5) is 38.1 Å². The van der Waals surface area contributed by atoms with Crippen LogP contribution >= 0.6 is 0 Å². The highest BCUT2D eigenvalue weighted by Gasteiger charge is 2.34. The molecule has 0 spiro atoms. The lowest BCUT2D eigenvalue weighted by atomic mass is 10.2. The lowest BCUT2D eigenvalue weighted by Crippen LogP contribution is -2.50. The van der Waals surface area contributed by atoms with Gasteiger partial charge in [-0.15, -0.1) is 0 Å². The number of rotatable bonds is 4. The molecular formula is C24H19F5N6O2. The van der Waals surface area contributed by atoms with Crippen LogP contribution in [0.1, 0.15) is 5.82 Å². The van der Waals surface area contributed by atoms with Crippen molar-refractivity contribution in [2.45, 2.75) is 6.18 Å². The predicted octanol–water partition coefficient (Wildman–Crippen LogP) is 5.40. The Morgan fingerprint density at radius 1 is 0.973 bits per heavy atom. The molecule has 0 unspecified atom stereocenters. The number of aromatic nitrogens is 3. The fourth-order valence-electron chi connectivity index (χ4n) is 4.00. The summed E-state index contributed by atoms with van der Waals surface area (Å²) in [5, 5.41) is 2.95. The molecule has 13 heteroatoms. The van der Waals surface area contributed by atoms with Crippen LogP contribution in [0.2, 0.25) is 0 Å². The van der Waals surface area contributed by atoms with E-state index >= 15 is 0 Å². The number of urea groups is 1. The van der Waals surface area contributed by atoms with E-state index in [1.807, 2.05) is 0 Å². The molecule has 0 radical (unpaired) electrons. The highest BCUT2D eigenvalue weighted by Crippen LogP contribution is 2.29. The van der Waals surface area contributed by atoms with E-state index in [4.69, 9.17) is 4.74 Å². The maximum Gasteiger partial charge on any atom is 0.451 e. The molecule has 0 atom stereocenters. The van der Waals surface area contributed by atoms with Gasteiger partial charge in [0.15, 0.2) is 5.75 Å². The van der Waals surface area contributed by atoms with Crippen molar-refractivity contribution in [2.24, 2.45) is 0 Å². The molecule has 1 aliphatic rings. The highest BCUT2D eigenvalue weighted by molar-refractivity contribution is 6.01. The average molecular weight is 518 g/mol. The summed E-state index contributed by atoms with van der Waals surface area (Å²) >= 11 is 0. The van der Waals surface area contributed by atoms with Crippen LogP contribution in [0.25, 0.3) is 10.9 Å². The molecule has 192 valence electrons. The van der Waals surface area contributed by atoms with E-state index < -0.39 is 23.6 Å². The first-order chi connectivity index (χ1) is 17.7. The monoisotopic (exact) mass is 518 g/mol. The van der Waals surface area contributed by atoms with Gasteiger partial charge >= 0.3 is 12.2 Å². The maximum atomic E-state index is 13.9. The minimum atomic E-state index is -4.62. The fraction of sp³-hybridized carbons (Fsp3) is 0.208. The Hall–Kier alpha value is -4.42. The third-order valence-electron chi connectivity index (χ3n) is 5.83. The van der Waals surface area contributed by atoms with Crippen molar-refractivity contribution in [3.63, 3.8) is 0 Å². The topological polar surface area (TPSA) is 86.4 Å². The van der Waals surface area contributed by atoms with Gasteiger partial charge in [-0.2, -0.15) is 13.2 Å². The average Bonchev–Trinajstić information content (AvgIpc) is 3.27. The van der Waals surface area contributed by atoms with E-state index in [0.29, 0.717) is 31.9 Å². The van der Waals surface area contributed by atoms with Crippen molar-refractivity contribution in [3.8, 4) is 11.5 Å². The van der Waals surface area contributed by atoms with Crippen LogP contribution in [0, 0.1) is 11.6 Å². The van der Waals surface area contributed by atoms with Gasteiger partial charge in [0.25, 0.3) is 0 Å². The molecule has 1 saturated heterocycles. The second kappa shape index (κ2) is 9.56. The number of fused-ring (bicyclic) bond motifs is 1. The molecule has 2 aromatic carbocycles. The van der Waals surface area contributed by atoms with Gasteiger partial charge in [0.05, 0.1) is 23.6 Å². The maximum absolute atomic E-state index is 13.9. The summed E-state index contributed by atoms with van der Waals surface area (Å²) in [5.74, 6) is -2.25. The van der Waals surface area contributed by atoms with Gasteiger partial charge in [-0.1, -0.05) is 0 Å². The first kappa shape index (κ1) is 24.3. The first-order valence-electron chi connectivity index (χ1n) is 11.1. The lowest BCUT2D eigenvalue weighted by Gasteiger charge is -2.36. The van der Waals surface area contributed by atoms with Crippen LogP contribution in [-0.2, 0) is 6.18 Å². The summed E-state index contributed by atoms with van der Waals surface area (Å²) in [7, 11) is 0. The molecule has 4 aromatic rings. The summed E-state index contributed by atoms with van der Waals surface area (Å²) in [6.45, 7) is 1.91. The highest BCUT2D eigenvalue weighted by atomic mass is 19.4. The summed E-state index contributed by atoms with van der Waals surface area (Å²) < 4.78 is 70.8. The van der Waals surface area contributed by atoms with Crippen molar-refractivity contribution < 1.29 is 31.5 Å². The molecule has 2 aromatic heterocycles. The first-order valence-corrected chi connectivity index (χ1v) is 11.1. The summed E-state index contributed by atoms with van der Waals surface area (Å²) in [6.07, 6.45) is -1.30. The zero-order valence-corrected chi connectivity index (χ0v) is 19.0. The third kappa shape index (κ3) is 5.25. The molecule has 5 rings (SSSR count). The van der Waals surface area contributed by atoms with Gasteiger partial charge in [-0.25, -0.2) is 23.5 Å². The summed E-state index contributed by atoms with van der Waals surface area (Å²) in [4.78, 5) is 25.6. The number of nitrogens with one attached hydrogen (secondary N) is 2. The minimum absolute atomic E-state index is 0.0704. The number of nitrogens with zero attached hydrogens (tertiary/aromatic N) is 4. The quantitative estimate of drug-likeness (QED) is 0.354. The smallest absolute Gasteiger partial charge is 0.451 e. The molecule has 0 saturated carbocycles. The number of halogens is 5. The van der Waals surface area contributed by atoms with Crippen molar-refractivity contribution in [3.05, 3.63) is 72.4 Å². The lowest BCUT2D eigenvalue weighted by molar-refractivity contribution is -0.145. The molecule has 2 N–H and O–H groups in total. The third-order valence-corrected chi connectivity index (χ3v) is 5.83. The van der Waals surface area contributed by atoms with Crippen molar-refractivity contribution in [1.29, 1.82) is 0 Å². The van der Waals surface area contributed by atoms with Crippen LogP contribution in [-0.4, -0.2) is 52.1 Å². The van der Waals surface area contributed by atoms with Gasteiger partial charge in [0, 0.05) is 49.5 Å². The summed E-state index contributed by atoms with van der Waals surface area (Å²) in [5.41, 5.74) is 1.27. The van der Waals surface area contributed by atoms with Gasteiger partial charge in [0.1, 0.15) is 17.4 Å². The van der Waals surface area contributed by atoms with E-state index in [1.54, 1.807) is 29.2 Å². The number of hydrogen-bond donors (Lipinski definition) is 2. The van der Waals surface area contributed by atoms with E-state index in [1.165, 1.54) is 6.20 Å². The second-order valence-corrected chi connectivity index (χ2v) is 8.25. The minimum Gasteiger partial charge on any atom is -0.454 e. The zero-order valence-electron chi connectivity index (χ0n) is 19.0. The molecule has 2 amide bonds. The number of benzene rings is 2. The molecule has 1 aliphatic heterocycles.